The molecule has 1 atom stereocenters. The van der Waals surface area contributed by atoms with Gasteiger partial charge in [0.1, 0.15) is 11.5 Å². The van der Waals surface area contributed by atoms with Crippen LogP contribution in [-0.4, -0.2) is 11.4 Å². The zero-order valence-corrected chi connectivity index (χ0v) is 6.86. The average molecular weight is 169 g/mol. The van der Waals surface area contributed by atoms with Gasteiger partial charge in [0.2, 0.25) is 0 Å². The zero-order valence-electron chi connectivity index (χ0n) is 6.86. The summed E-state index contributed by atoms with van der Waals surface area (Å²) in [6.45, 7) is 8.20. The lowest BCUT2D eigenvalue weighted by atomic mass is 10.4. The average Bonchev–Trinajstić information content (AvgIpc) is 1.99. The summed E-state index contributed by atoms with van der Waals surface area (Å²) in [6.07, 6.45) is 1.83. The number of ether oxygens (including phenoxy) is 1. The Bertz CT molecular complexity index is 218. The van der Waals surface area contributed by atoms with Gasteiger partial charge in [0.15, 0.2) is 6.29 Å². The van der Waals surface area contributed by atoms with Gasteiger partial charge >= 0.3 is 0 Å². The highest BCUT2D eigenvalue weighted by Gasteiger charge is 1.94. The predicted octanol–water partition coefficient (Wildman–Crippen LogP) is 1.69. The van der Waals surface area contributed by atoms with Crippen LogP contribution in [0.2, 0.25) is 0 Å². The molecule has 1 unspecified atom stereocenters. The monoisotopic (exact) mass is 169 g/mol. The van der Waals surface area contributed by atoms with Crippen LogP contribution in [-0.2, 0) is 4.74 Å². The summed E-state index contributed by atoms with van der Waals surface area (Å²) in [4.78, 5) is 9.82. The van der Waals surface area contributed by atoms with Gasteiger partial charge in [-0.1, -0.05) is 13.2 Å². The van der Waals surface area contributed by atoms with Crippen LogP contribution in [0.4, 0.5) is 0 Å². The second-order valence-electron chi connectivity index (χ2n) is 2.10. The standard InChI is InChI=1S/C8H11NO3/c1-6(9-11)4-5-7(2)12-8(3)10/h4-5,8,10H,1-2H2,3H3/b5-4-. The van der Waals surface area contributed by atoms with Gasteiger partial charge in [0.25, 0.3) is 0 Å². The van der Waals surface area contributed by atoms with Gasteiger partial charge < -0.3 is 9.84 Å². The predicted molar refractivity (Wildman–Crippen MR) is 46.0 cm³/mol. The number of aliphatic hydroxyl groups excluding tert-OH is 1. The fourth-order valence-corrected chi connectivity index (χ4v) is 0.478. The first-order valence-electron chi connectivity index (χ1n) is 3.30. The number of rotatable bonds is 5. The van der Waals surface area contributed by atoms with Gasteiger partial charge in [-0.05, 0) is 24.3 Å². The maximum absolute atomic E-state index is 9.82. The number of aliphatic hydroxyl groups is 1. The second kappa shape index (κ2) is 5.26. The fourth-order valence-electron chi connectivity index (χ4n) is 0.478. The molecule has 0 rings (SSSR count). The Morgan fingerprint density at radius 2 is 2.17 bits per heavy atom. The number of allylic oxidation sites excluding steroid dienone is 2. The van der Waals surface area contributed by atoms with Crippen LogP contribution in [0.1, 0.15) is 6.92 Å². The summed E-state index contributed by atoms with van der Waals surface area (Å²) < 4.78 is 4.73. The molecule has 0 aromatic carbocycles. The quantitative estimate of drug-likeness (QED) is 0.295. The van der Waals surface area contributed by atoms with Gasteiger partial charge in [-0.3, -0.25) is 0 Å². The van der Waals surface area contributed by atoms with Gasteiger partial charge in [-0.25, -0.2) is 0 Å². The van der Waals surface area contributed by atoms with Crippen molar-refractivity contribution < 1.29 is 9.84 Å². The minimum Gasteiger partial charge on any atom is -0.466 e. The molecule has 0 aliphatic carbocycles. The maximum atomic E-state index is 9.82. The van der Waals surface area contributed by atoms with Crippen LogP contribution >= 0.6 is 0 Å². The van der Waals surface area contributed by atoms with Gasteiger partial charge in [0, 0.05) is 0 Å². The lowest BCUT2D eigenvalue weighted by molar-refractivity contribution is -0.0444. The van der Waals surface area contributed by atoms with E-state index in [2.05, 4.69) is 18.3 Å². The van der Waals surface area contributed by atoms with Crippen LogP contribution in [0.3, 0.4) is 0 Å². The minimum atomic E-state index is -0.917. The van der Waals surface area contributed by atoms with E-state index in [0.29, 0.717) is 0 Å². The minimum absolute atomic E-state index is 0.0744. The van der Waals surface area contributed by atoms with E-state index in [0.717, 1.165) is 0 Å². The van der Waals surface area contributed by atoms with E-state index < -0.39 is 6.29 Å². The molecule has 0 aliphatic rings. The van der Waals surface area contributed by atoms with Crippen LogP contribution in [0, 0.1) is 4.91 Å². The molecule has 0 heterocycles. The molecule has 4 nitrogen and oxygen atoms in total. The fraction of sp³-hybridized carbons (Fsp3) is 0.250. The molecule has 0 amide bonds. The largest absolute Gasteiger partial charge is 0.466 e. The van der Waals surface area contributed by atoms with E-state index in [1.165, 1.54) is 19.1 Å². The Balaban J connectivity index is 3.91. The normalized spacial score (nSPS) is 12.5. The molecular weight excluding hydrogens is 158 g/mol. The second-order valence-corrected chi connectivity index (χ2v) is 2.10. The molecule has 0 aromatic rings. The molecule has 0 aromatic heterocycles. The Morgan fingerprint density at radius 1 is 1.58 bits per heavy atom. The van der Waals surface area contributed by atoms with Crippen molar-refractivity contribution in [2.45, 2.75) is 13.2 Å². The van der Waals surface area contributed by atoms with E-state index in [-0.39, 0.29) is 11.5 Å². The Kier molecular flexibility index (Phi) is 4.64. The molecule has 0 radical (unpaired) electrons. The van der Waals surface area contributed by atoms with E-state index in [1.54, 1.807) is 0 Å². The summed E-state index contributed by atoms with van der Waals surface area (Å²) in [6, 6.07) is 0. The third-order valence-electron chi connectivity index (χ3n) is 0.901. The summed E-state index contributed by atoms with van der Waals surface area (Å²) in [7, 11) is 0. The zero-order chi connectivity index (χ0) is 9.56. The Hall–Kier alpha value is -1.42. The van der Waals surface area contributed by atoms with Crippen molar-refractivity contribution in [1.82, 2.24) is 0 Å². The van der Waals surface area contributed by atoms with Crippen molar-refractivity contribution in [3.63, 3.8) is 0 Å². The molecule has 12 heavy (non-hydrogen) atoms. The molecule has 0 saturated heterocycles. The highest BCUT2D eigenvalue weighted by Crippen LogP contribution is 2.02. The topological polar surface area (TPSA) is 58.9 Å². The van der Waals surface area contributed by atoms with Crippen molar-refractivity contribution in [2.75, 3.05) is 0 Å². The number of hydrogen-bond donors (Lipinski definition) is 1. The van der Waals surface area contributed by atoms with Gasteiger partial charge in [0.05, 0.1) is 0 Å². The SMILES string of the molecule is C=C(/C=C\C(=C)OC(C)O)N=O. The van der Waals surface area contributed by atoms with E-state index in [9.17, 15) is 4.91 Å². The molecule has 0 spiro atoms. The summed E-state index contributed by atoms with van der Waals surface area (Å²) in [5, 5.41) is 11.3. The molecule has 0 fully saturated rings. The van der Waals surface area contributed by atoms with Crippen molar-refractivity contribution in [3.05, 3.63) is 41.7 Å². The van der Waals surface area contributed by atoms with Crippen molar-refractivity contribution in [1.29, 1.82) is 0 Å². The van der Waals surface area contributed by atoms with Crippen molar-refractivity contribution >= 4 is 0 Å². The third-order valence-corrected chi connectivity index (χ3v) is 0.901. The molecule has 66 valence electrons. The number of nitroso groups, excluding NO2 is 1. The molecule has 1 N–H and O–H groups in total. The van der Waals surface area contributed by atoms with Crippen LogP contribution in [0.25, 0.3) is 0 Å². The lowest BCUT2D eigenvalue weighted by Crippen LogP contribution is -2.03. The van der Waals surface area contributed by atoms with Crippen LogP contribution in [0.15, 0.2) is 41.9 Å². The first-order valence-corrected chi connectivity index (χ1v) is 3.30. The Morgan fingerprint density at radius 3 is 2.58 bits per heavy atom. The summed E-state index contributed by atoms with van der Waals surface area (Å²) in [5.41, 5.74) is 0.0744. The number of nitrogens with zero attached hydrogens (tertiary/aromatic N) is 1. The smallest absolute Gasteiger partial charge is 0.194 e. The van der Waals surface area contributed by atoms with E-state index in [1.807, 2.05) is 0 Å². The highest BCUT2D eigenvalue weighted by atomic mass is 16.6. The van der Waals surface area contributed by atoms with Crippen LogP contribution < -0.4 is 0 Å². The Labute approximate surface area is 70.8 Å². The first-order chi connectivity index (χ1) is 5.56. The molecule has 0 saturated carbocycles. The van der Waals surface area contributed by atoms with Crippen LogP contribution in [0.5, 0.6) is 0 Å². The summed E-state index contributed by atoms with van der Waals surface area (Å²) in [5.74, 6) is 0.245. The molecular formula is C8H11NO3. The van der Waals surface area contributed by atoms with Gasteiger partial charge in [-0.15, -0.1) is 4.91 Å². The molecule has 0 bridgehead atoms. The van der Waals surface area contributed by atoms with Crippen molar-refractivity contribution in [3.8, 4) is 0 Å². The summed E-state index contributed by atoms with van der Waals surface area (Å²) >= 11 is 0. The van der Waals surface area contributed by atoms with E-state index in [4.69, 9.17) is 9.84 Å². The lowest BCUT2D eigenvalue weighted by Gasteiger charge is -2.06. The van der Waals surface area contributed by atoms with E-state index >= 15 is 0 Å². The molecule has 4 heteroatoms. The van der Waals surface area contributed by atoms with Gasteiger partial charge in [-0.2, -0.15) is 0 Å². The molecule has 0 aliphatic heterocycles. The maximum Gasteiger partial charge on any atom is 0.194 e. The van der Waals surface area contributed by atoms with Crippen molar-refractivity contribution in [2.24, 2.45) is 5.18 Å². The number of hydrogen-bond acceptors (Lipinski definition) is 4. The first kappa shape index (κ1) is 10.6. The highest BCUT2D eigenvalue weighted by molar-refractivity contribution is 5.19. The third kappa shape index (κ3) is 5.37.